The van der Waals surface area contributed by atoms with Crippen LogP contribution < -0.4 is 14.8 Å². The predicted molar refractivity (Wildman–Crippen MR) is 132 cm³/mol. The quantitative estimate of drug-likeness (QED) is 0.605. The Morgan fingerprint density at radius 2 is 1.91 bits per heavy atom. The summed E-state index contributed by atoms with van der Waals surface area (Å²) < 4.78 is 11.7. The minimum absolute atomic E-state index is 0.0968. The van der Waals surface area contributed by atoms with E-state index in [4.69, 9.17) is 21.1 Å². The molecule has 1 aliphatic heterocycles. The van der Waals surface area contributed by atoms with Crippen molar-refractivity contribution in [2.75, 3.05) is 7.11 Å². The summed E-state index contributed by atoms with van der Waals surface area (Å²) in [5, 5.41) is 3.79. The molecule has 2 aliphatic rings. The maximum atomic E-state index is 13.9. The van der Waals surface area contributed by atoms with E-state index in [0.29, 0.717) is 22.1 Å². The number of nitrogens with one attached hydrogen (secondary N) is 1. The first-order valence-electron chi connectivity index (χ1n) is 12.1. The van der Waals surface area contributed by atoms with E-state index < -0.39 is 12.1 Å². The van der Waals surface area contributed by atoms with Crippen molar-refractivity contribution < 1.29 is 19.1 Å². The molecule has 2 aromatic carbocycles. The number of benzene rings is 2. The van der Waals surface area contributed by atoms with Crippen LogP contribution in [0.4, 0.5) is 0 Å². The Morgan fingerprint density at radius 3 is 2.59 bits per heavy atom. The van der Waals surface area contributed by atoms with Gasteiger partial charge in [0.25, 0.3) is 5.91 Å². The molecule has 0 aromatic heterocycles. The Balaban J connectivity index is 1.79. The second kappa shape index (κ2) is 10.7. The normalized spacial score (nSPS) is 21.0. The molecule has 2 aromatic rings. The number of nitrogens with zero attached hydrogens (tertiary/aromatic N) is 1. The monoisotopic (exact) mass is 484 g/mol. The third kappa shape index (κ3) is 5.17. The topological polar surface area (TPSA) is 67.9 Å². The van der Waals surface area contributed by atoms with Gasteiger partial charge in [-0.2, -0.15) is 0 Å². The Bertz CT molecular complexity index is 1040. The number of halogens is 1. The van der Waals surface area contributed by atoms with E-state index in [0.717, 1.165) is 31.2 Å². The highest BCUT2D eigenvalue weighted by Crippen LogP contribution is 2.39. The molecular formula is C27H33ClN2O4. The highest BCUT2D eigenvalue weighted by Gasteiger charge is 2.42. The highest BCUT2D eigenvalue weighted by atomic mass is 35.5. The first-order valence-corrected chi connectivity index (χ1v) is 12.5. The summed E-state index contributed by atoms with van der Waals surface area (Å²) in [5.41, 5.74) is 1.44. The van der Waals surface area contributed by atoms with Gasteiger partial charge in [-0.25, -0.2) is 0 Å². The van der Waals surface area contributed by atoms with Gasteiger partial charge in [-0.15, -0.1) is 0 Å². The van der Waals surface area contributed by atoms with Crippen LogP contribution in [-0.4, -0.2) is 36.0 Å². The lowest BCUT2D eigenvalue weighted by atomic mass is 9.94. The van der Waals surface area contributed by atoms with Crippen LogP contribution in [0, 0.1) is 5.92 Å². The first kappa shape index (κ1) is 24.4. The standard InChI is InChI=1S/C27H33ClN2O4/c1-17(2)25-27(32)30(16-18-9-7-8-12-22(18)28)24(26(31)29-19-10-5-4-6-11-19)21-14-13-20(33-3)15-23(21)34-25/h7-9,12-15,17,19,24-25H,4-6,10-11,16H2,1-3H3,(H,29,31). The number of fused-ring (bicyclic) bond motifs is 1. The van der Waals surface area contributed by atoms with E-state index in [1.165, 1.54) is 6.42 Å². The number of methoxy groups -OCH3 is 1. The van der Waals surface area contributed by atoms with Crippen molar-refractivity contribution in [3.8, 4) is 11.5 Å². The summed E-state index contributed by atoms with van der Waals surface area (Å²) in [5.74, 6) is 0.595. The Labute approximate surface area is 206 Å². The zero-order valence-electron chi connectivity index (χ0n) is 20.1. The molecule has 0 spiro atoms. The third-order valence-electron chi connectivity index (χ3n) is 6.71. The number of ether oxygens (including phenoxy) is 2. The maximum absolute atomic E-state index is 13.9. The molecule has 2 atom stereocenters. The van der Waals surface area contributed by atoms with E-state index >= 15 is 0 Å². The van der Waals surface area contributed by atoms with E-state index in [1.807, 2.05) is 38.1 Å². The van der Waals surface area contributed by atoms with Crippen molar-refractivity contribution in [3.63, 3.8) is 0 Å². The highest BCUT2D eigenvalue weighted by molar-refractivity contribution is 6.31. The molecule has 1 saturated carbocycles. The van der Waals surface area contributed by atoms with Gasteiger partial charge >= 0.3 is 0 Å². The van der Waals surface area contributed by atoms with Crippen molar-refractivity contribution in [1.82, 2.24) is 10.2 Å². The van der Waals surface area contributed by atoms with Gasteiger partial charge in [-0.1, -0.05) is 62.9 Å². The molecule has 6 nitrogen and oxygen atoms in total. The largest absolute Gasteiger partial charge is 0.497 e. The van der Waals surface area contributed by atoms with Crippen LogP contribution in [0.1, 0.15) is 63.1 Å². The van der Waals surface area contributed by atoms with Crippen LogP contribution in [0.2, 0.25) is 5.02 Å². The van der Waals surface area contributed by atoms with Crippen LogP contribution >= 0.6 is 11.6 Å². The summed E-state index contributed by atoms with van der Waals surface area (Å²) in [6, 6.07) is 12.1. The summed E-state index contributed by atoms with van der Waals surface area (Å²) in [6.07, 6.45) is 4.57. The second-order valence-electron chi connectivity index (χ2n) is 9.49. The summed E-state index contributed by atoms with van der Waals surface area (Å²) >= 11 is 6.47. The summed E-state index contributed by atoms with van der Waals surface area (Å²) in [6.45, 7) is 4.09. The van der Waals surface area contributed by atoms with Gasteiger partial charge in [0.2, 0.25) is 5.91 Å². The van der Waals surface area contributed by atoms with Gasteiger partial charge in [0.05, 0.1) is 7.11 Å². The molecular weight excluding hydrogens is 452 g/mol. The second-order valence-corrected chi connectivity index (χ2v) is 9.90. The molecule has 4 rings (SSSR count). The molecule has 1 heterocycles. The van der Waals surface area contributed by atoms with Gasteiger partial charge in [0, 0.05) is 29.2 Å². The molecule has 0 saturated heterocycles. The van der Waals surface area contributed by atoms with Gasteiger partial charge in [0.15, 0.2) is 6.10 Å². The minimum atomic E-state index is -0.838. The number of amides is 2. The van der Waals surface area contributed by atoms with Gasteiger partial charge in [0.1, 0.15) is 17.5 Å². The number of rotatable bonds is 6. The van der Waals surface area contributed by atoms with Crippen LogP contribution in [0.15, 0.2) is 42.5 Å². The predicted octanol–water partition coefficient (Wildman–Crippen LogP) is 5.28. The summed E-state index contributed by atoms with van der Waals surface area (Å²) in [4.78, 5) is 29.3. The van der Waals surface area contributed by atoms with E-state index in [9.17, 15) is 9.59 Å². The molecule has 1 N–H and O–H groups in total. The van der Waals surface area contributed by atoms with Crippen LogP contribution in [0.25, 0.3) is 0 Å². The van der Waals surface area contributed by atoms with Crippen molar-refractivity contribution in [1.29, 1.82) is 0 Å². The molecule has 182 valence electrons. The van der Waals surface area contributed by atoms with E-state index in [2.05, 4.69) is 5.32 Å². The lowest BCUT2D eigenvalue weighted by Gasteiger charge is -2.33. The third-order valence-corrected chi connectivity index (χ3v) is 7.08. The summed E-state index contributed by atoms with van der Waals surface area (Å²) in [7, 11) is 1.58. The minimum Gasteiger partial charge on any atom is -0.497 e. The zero-order valence-corrected chi connectivity index (χ0v) is 20.8. The van der Waals surface area contributed by atoms with Crippen LogP contribution in [-0.2, 0) is 16.1 Å². The molecule has 2 amide bonds. The fourth-order valence-electron chi connectivity index (χ4n) is 4.83. The Morgan fingerprint density at radius 1 is 1.18 bits per heavy atom. The van der Waals surface area contributed by atoms with Crippen molar-refractivity contribution in [3.05, 3.63) is 58.6 Å². The SMILES string of the molecule is COc1ccc2c(c1)OC(C(C)C)C(=O)N(Cc1ccccc1Cl)C2C(=O)NC1CCCCC1. The van der Waals surface area contributed by atoms with Crippen LogP contribution in [0.3, 0.4) is 0 Å². The number of hydrogen-bond acceptors (Lipinski definition) is 4. The average molecular weight is 485 g/mol. The lowest BCUT2D eigenvalue weighted by Crippen LogP contribution is -2.49. The maximum Gasteiger partial charge on any atom is 0.265 e. The van der Waals surface area contributed by atoms with Crippen molar-refractivity contribution >= 4 is 23.4 Å². The molecule has 1 aliphatic carbocycles. The van der Waals surface area contributed by atoms with Crippen molar-refractivity contribution in [2.24, 2.45) is 5.92 Å². The van der Waals surface area contributed by atoms with Gasteiger partial charge in [-0.05, 0) is 42.5 Å². The van der Waals surface area contributed by atoms with Crippen LogP contribution in [0.5, 0.6) is 11.5 Å². The van der Waals surface area contributed by atoms with E-state index in [-0.39, 0.29) is 30.3 Å². The molecule has 2 unspecified atom stereocenters. The van der Waals surface area contributed by atoms with Gasteiger partial charge in [-0.3, -0.25) is 9.59 Å². The number of carbonyl (C=O) groups excluding carboxylic acids is 2. The zero-order chi connectivity index (χ0) is 24.2. The van der Waals surface area contributed by atoms with Gasteiger partial charge < -0.3 is 19.7 Å². The Kier molecular flexibility index (Phi) is 7.67. The molecule has 0 bridgehead atoms. The average Bonchev–Trinajstić information content (AvgIpc) is 2.95. The molecule has 7 heteroatoms. The smallest absolute Gasteiger partial charge is 0.265 e. The number of carbonyl (C=O) groups is 2. The lowest BCUT2D eigenvalue weighted by molar-refractivity contribution is -0.147. The molecule has 34 heavy (non-hydrogen) atoms. The molecule has 0 radical (unpaired) electrons. The molecule has 1 fully saturated rings. The fourth-order valence-corrected chi connectivity index (χ4v) is 5.02. The van der Waals surface area contributed by atoms with Crippen molar-refractivity contribution in [2.45, 2.75) is 70.7 Å². The first-order chi connectivity index (χ1) is 16.4. The Hall–Kier alpha value is -2.73. The van der Waals surface area contributed by atoms with E-state index in [1.54, 1.807) is 30.2 Å². The number of hydrogen-bond donors (Lipinski definition) is 1. The fraction of sp³-hybridized carbons (Fsp3) is 0.481.